The normalized spacial score (nSPS) is 29.9. The molecule has 2 fully saturated rings. The highest BCUT2D eigenvalue weighted by Crippen LogP contribution is 2.41. The molecular weight excluding hydrogens is 307 g/mol. The number of nitrogens with zero attached hydrogens (tertiary/aromatic N) is 1. The van der Waals surface area contributed by atoms with Gasteiger partial charge in [-0.25, -0.2) is 4.39 Å². The third-order valence-electron chi connectivity index (χ3n) is 4.66. The first-order valence-electron chi connectivity index (χ1n) is 7.01. The second-order valence-corrected chi connectivity index (χ2v) is 6.66. The molecule has 104 valence electrons. The molecule has 2 aliphatic heterocycles. The third-order valence-corrected chi connectivity index (χ3v) is 5.27. The summed E-state index contributed by atoms with van der Waals surface area (Å²) in [5.41, 5.74) is 2.25. The topological polar surface area (TPSA) is 15.3 Å². The van der Waals surface area contributed by atoms with Gasteiger partial charge >= 0.3 is 0 Å². The molecule has 4 heteroatoms. The Morgan fingerprint density at radius 3 is 2.47 bits per heavy atom. The largest absolute Gasteiger partial charge is 0.365 e. The van der Waals surface area contributed by atoms with Crippen LogP contribution in [-0.4, -0.2) is 25.2 Å². The van der Waals surface area contributed by atoms with Crippen molar-refractivity contribution >= 4 is 21.6 Å². The van der Waals surface area contributed by atoms with Crippen LogP contribution in [0.4, 0.5) is 10.1 Å². The summed E-state index contributed by atoms with van der Waals surface area (Å²) < 4.78 is 14.2. The Hall–Kier alpha value is -0.610. The van der Waals surface area contributed by atoms with Crippen molar-refractivity contribution in [3.63, 3.8) is 0 Å². The van der Waals surface area contributed by atoms with Crippen LogP contribution in [0.1, 0.15) is 31.2 Å². The number of hydrogen-bond donors (Lipinski definition) is 1. The molecule has 0 saturated carbocycles. The van der Waals surface area contributed by atoms with Crippen LogP contribution in [0.3, 0.4) is 0 Å². The van der Waals surface area contributed by atoms with Crippen LogP contribution < -0.4 is 10.2 Å². The Labute approximate surface area is 122 Å². The maximum Gasteiger partial charge on any atom is 0.137 e. The Balaban J connectivity index is 1.93. The minimum atomic E-state index is -0.168. The van der Waals surface area contributed by atoms with E-state index in [0.29, 0.717) is 22.6 Å². The number of aryl methyl sites for hydroxylation is 1. The van der Waals surface area contributed by atoms with Gasteiger partial charge in [-0.05, 0) is 73.3 Å². The van der Waals surface area contributed by atoms with Crippen molar-refractivity contribution < 1.29 is 4.39 Å². The molecule has 2 heterocycles. The molecule has 19 heavy (non-hydrogen) atoms. The maximum absolute atomic E-state index is 13.6. The van der Waals surface area contributed by atoms with E-state index in [2.05, 4.69) is 33.2 Å². The summed E-state index contributed by atoms with van der Waals surface area (Å²) in [7, 11) is 2.06. The van der Waals surface area contributed by atoms with Crippen LogP contribution in [0, 0.1) is 12.7 Å². The Bertz CT molecular complexity index is 477. The first-order valence-corrected chi connectivity index (χ1v) is 7.80. The van der Waals surface area contributed by atoms with E-state index in [0.717, 1.165) is 5.56 Å². The quantitative estimate of drug-likeness (QED) is 0.893. The molecule has 1 N–H and O–H groups in total. The van der Waals surface area contributed by atoms with Gasteiger partial charge in [-0.3, -0.25) is 0 Å². The van der Waals surface area contributed by atoms with Gasteiger partial charge in [-0.1, -0.05) is 0 Å². The smallest absolute Gasteiger partial charge is 0.137 e. The predicted octanol–water partition coefficient (Wildman–Crippen LogP) is 3.62. The van der Waals surface area contributed by atoms with Gasteiger partial charge in [-0.15, -0.1) is 0 Å². The van der Waals surface area contributed by atoms with Gasteiger partial charge in [0, 0.05) is 23.8 Å². The van der Waals surface area contributed by atoms with Crippen LogP contribution in [0.15, 0.2) is 16.6 Å². The van der Waals surface area contributed by atoms with E-state index in [9.17, 15) is 4.39 Å². The van der Waals surface area contributed by atoms with Crippen molar-refractivity contribution in [2.45, 2.75) is 50.7 Å². The van der Waals surface area contributed by atoms with Gasteiger partial charge < -0.3 is 10.2 Å². The number of fused-ring (bicyclic) bond motifs is 2. The lowest BCUT2D eigenvalue weighted by molar-refractivity contribution is 0.373. The molecule has 2 unspecified atom stereocenters. The molecule has 2 aliphatic rings. The summed E-state index contributed by atoms with van der Waals surface area (Å²) in [5.74, 6) is -0.168. The van der Waals surface area contributed by atoms with E-state index in [4.69, 9.17) is 0 Å². The zero-order chi connectivity index (χ0) is 13.6. The minimum absolute atomic E-state index is 0.168. The lowest BCUT2D eigenvalue weighted by atomic mass is 9.96. The van der Waals surface area contributed by atoms with E-state index in [-0.39, 0.29) is 5.82 Å². The molecule has 0 aliphatic carbocycles. The number of rotatable bonds is 2. The van der Waals surface area contributed by atoms with Gasteiger partial charge in [0.1, 0.15) is 5.82 Å². The van der Waals surface area contributed by atoms with Crippen molar-refractivity contribution in [3.05, 3.63) is 28.0 Å². The van der Waals surface area contributed by atoms with Crippen molar-refractivity contribution in [1.29, 1.82) is 0 Å². The highest BCUT2D eigenvalue weighted by atomic mass is 79.9. The van der Waals surface area contributed by atoms with Gasteiger partial charge in [-0.2, -0.15) is 0 Å². The number of nitrogens with one attached hydrogen (secondary N) is 1. The summed E-state index contributed by atoms with van der Waals surface area (Å²) in [6.07, 6.45) is 4.91. The van der Waals surface area contributed by atoms with Gasteiger partial charge in [0.25, 0.3) is 0 Å². The fourth-order valence-electron chi connectivity index (χ4n) is 3.72. The maximum atomic E-state index is 13.6. The van der Waals surface area contributed by atoms with Crippen LogP contribution in [0.2, 0.25) is 0 Å². The Morgan fingerprint density at radius 2 is 1.89 bits per heavy atom. The zero-order valence-electron chi connectivity index (χ0n) is 11.4. The van der Waals surface area contributed by atoms with Crippen molar-refractivity contribution in [3.8, 4) is 0 Å². The number of anilines is 1. The molecule has 2 bridgehead atoms. The highest BCUT2D eigenvalue weighted by molar-refractivity contribution is 9.10. The molecule has 2 nitrogen and oxygen atoms in total. The number of halogens is 2. The van der Waals surface area contributed by atoms with E-state index >= 15 is 0 Å². The van der Waals surface area contributed by atoms with Crippen LogP contribution in [0.25, 0.3) is 0 Å². The SMILES string of the molecule is CNC1CC2CCC(C1)N2c1cc(Br)c(F)cc1C. The molecule has 0 aromatic heterocycles. The summed E-state index contributed by atoms with van der Waals surface area (Å²) >= 11 is 3.32. The molecule has 2 saturated heterocycles. The average molecular weight is 327 g/mol. The van der Waals surface area contributed by atoms with Crippen LogP contribution in [-0.2, 0) is 0 Å². The lowest BCUT2D eigenvalue weighted by Crippen LogP contribution is -2.48. The second-order valence-electron chi connectivity index (χ2n) is 5.80. The van der Waals surface area contributed by atoms with Crippen LogP contribution >= 0.6 is 15.9 Å². The summed E-state index contributed by atoms with van der Waals surface area (Å²) in [5, 5.41) is 3.42. The Kier molecular flexibility index (Phi) is 3.56. The Morgan fingerprint density at radius 1 is 1.26 bits per heavy atom. The third kappa shape index (κ3) is 2.29. The molecular formula is C15H20BrFN2. The molecule has 0 spiro atoms. The number of piperidine rings is 1. The first-order chi connectivity index (χ1) is 9.10. The fraction of sp³-hybridized carbons (Fsp3) is 0.600. The van der Waals surface area contributed by atoms with Crippen molar-refractivity contribution in [1.82, 2.24) is 5.32 Å². The number of benzene rings is 1. The lowest BCUT2D eigenvalue weighted by Gasteiger charge is -2.41. The van der Waals surface area contributed by atoms with Gasteiger partial charge in [0.2, 0.25) is 0 Å². The summed E-state index contributed by atoms with van der Waals surface area (Å²) in [6.45, 7) is 2.01. The van der Waals surface area contributed by atoms with Crippen LogP contribution in [0.5, 0.6) is 0 Å². The molecule has 1 aromatic rings. The molecule has 2 atom stereocenters. The molecule has 3 rings (SSSR count). The monoisotopic (exact) mass is 326 g/mol. The van der Waals surface area contributed by atoms with Gasteiger partial charge in [0.05, 0.1) is 4.47 Å². The minimum Gasteiger partial charge on any atom is -0.365 e. The zero-order valence-corrected chi connectivity index (χ0v) is 13.0. The van der Waals surface area contributed by atoms with E-state index in [1.54, 1.807) is 6.07 Å². The number of hydrogen-bond acceptors (Lipinski definition) is 2. The fourth-order valence-corrected chi connectivity index (χ4v) is 4.05. The predicted molar refractivity (Wildman–Crippen MR) is 80.2 cm³/mol. The van der Waals surface area contributed by atoms with Crippen molar-refractivity contribution in [2.75, 3.05) is 11.9 Å². The standard InChI is InChI=1S/C15H20BrFN2/c1-9-5-14(17)13(16)8-15(9)19-11-3-4-12(19)7-10(6-11)18-2/h5,8,10-12,18H,3-4,6-7H2,1-2H3. The van der Waals surface area contributed by atoms with E-state index in [1.807, 2.05) is 13.0 Å². The first kappa shape index (κ1) is 13.4. The summed E-state index contributed by atoms with van der Waals surface area (Å²) in [4.78, 5) is 2.54. The molecule has 0 amide bonds. The highest BCUT2D eigenvalue weighted by Gasteiger charge is 2.40. The molecule has 1 aromatic carbocycles. The molecule has 0 radical (unpaired) electrons. The van der Waals surface area contributed by atoms with E-state index in [1.165, 1.54) is 31.4 Å². The second kappa shape index (κ2) is 5.06. The van der Waals surface area contributed by atoms with E-state index < -0.39 is 0 Å². The van der Waals surface area contributed by atoms with Gasteiger partial charge in [0.15, 0.2) is 0 Å². The average Bonchev–Trinajstić information content (AvgIpc) is 2.64. The summed E-state index contributed by atoms with van der Waals surface area (Å²) in [6, 6.07) is 5.44. The van der Waals surface area contributed by atoms with Crippen molar-refractivity contribution in [2.24, 2.45) is 0 Å².